The molecule has 210 valence electrons. The molecular weight excluding hydrogens is 509 g/mol. The molecule has 3 aliphatic rings. The molecule has 0 saturated carbocycles. The number of fused-ring (bicyclic) bond motifs is 2. The lowest BCUT2D eigenvalue weighted by atomic mass is 9.83. The third kappa shape index (κ3) is 5.69. The summed E-state index contributed by atoms with van der Waals surface area (Å²) >= 11 is 0. The zero-order valence-electron chi connectivity index (χ0n) is 22.2. The smallest absolute Gasteiger partial charge is 0.250 e. The predicted octanol–water partition coefficient (Wildman–Crippen LogP) is 3.34. The molecule has 0 radical (unpaired) electrons. The maximum Gasteiger partial charge on any atom is 0.250 e. The fourth-order valence-electron chi connectivity index (χ4n) is 6.06. The zero-order valence-corrected chi connectivity index (χ0v) is 22.2. The van der Waals surface area contributed by atoms with E-state index in [4.69, 9.17) is 4.74 Å². The zero-order chi connectivity index (χ0) is 27.6. The highest BCUT2D eigenvalue weighted by atomic mass is 19.2. The van der Waals surface area contributed by atoms with E-state index in [-0.39, 0.29) is 29.7 Å². The molecule has 0 aromatic heterocycles. The van der Waals surface area contributed by atoms with Crippen molar-refractivity contribution < 1.29 is 27.5 Å². The molecule has 2 fully saturated rings. The van der Waals surface area contributed by atoms with Gasteiger partial charge in [-0.25, -0.2) is 13.2 Å². The van der Waals surface area contributed by atoms with Crippen LogP contribution in [0.5, 0.6) is 0 Å². The lowest BCUT2D eigenvalue weighted by Gasteiger charge is -2.40. The van der Waals surface area contributed by atoms with Crippen LogP contribution < -0.4 is 5.32 Å². The second kappa shape index (κ2) is 11.7. The Morgan fingerprint density at radius 2 is 1.90 bits per heavy atom. The molecule has 3 aliphatic heterocycles. The molecule has 3 heterocycles. The van der Waals surface area contributed by atoms with E-state index in [2.05, 4.69) is 10.2 Å². The van der Waals surface area contributed by atoms with Crippen LogP contribution in [0.1, 0.15) is 48.9 Å². The molecular formula is C29H35F3N4O3. The Kier molecular flexibility index (Phi) is 8.25. The van der Waals surface area contributed by atoms with Crippen molar-refractivity contribution in [3.63, 3.8) is 0 Å². The SMILES string of the molecule is CCN(CCCN1CCC2(CC1)OCc1ccc(F)cc12)C(=O)C(c1ccc(F)c(F)c1)N1CCNCC1=O. The number of likely N-dealkylation sites (tertiary alicyclic amines) is 1. The van der Waals surface area contributed by atoms with E-state index < -0.39 is 23.3 Å². The van der Waals surface area contributed by atoms with Crippen LogP contribution in [0.2, 0.25) is 0 Å². The van der Waals surface area contributed by atoms with Gasteiger partial charge in [-0.15, -0.1) is 0 Å². The first kappa shape index (κ1) is 27.6. The van der Waals surface area contributed by atoms with Crippen LogP contribution in [0.3, 0.4) is 0 Å². The monoisotopic (exact) mass is 544 g/mol. The van der Waals surface area contributed by atoms with Crippen molar-refractivity contribution in [1.29, 1.82) is 0 Å². The van der Waals surface area contributed by atoms with Crippen molar-refractivity contribution in [2.45, 2.75) is 44.4 Å². The average Bonchev–Trinajstić information content (AvgIpc) is 3.27. The minimum absolute atomic E-state index is 0.0941. The van der Waals surface area contributed by atoms with E-state index in [0.717, 1.165) is 62.2 Å². The minimum atomic E-state index is -1.05. The molecule has 5 rings (SSSR count). The highest BCUT2D eigenvalue weighted by Gasteiger charge is 2.43. The predicted molar refractivity (Wildman–Crippen MR) is 139 cm³/mol. The molecule has 2 saturated heterocycles. The number of nitrogens with one attached hydrogen (secondary N) is 1. The number of likely N-dealkylation sites (N-methyl/N-ethyl adjacent to an activating group) is 1. The van der Waals surface area contributed by atoms with Crippen molar-refractivity contribution in [2.24, 2.45) is 0 Å². The van der Waals surface area contributed by atoms with Gasteiger partial charge in [0.2, 0.25) is 11.8 Å². The number of piperazine rings is 1. The first-order valence-corrected chi connectivity index (χ1v) is 13.7. The van der Waals surface area contributed by atoms with Gasteiger partial charge in [-0.3, -0.25) is 9.59 Å². The third-order valence-electron chi connectivity index (χ3n) is 8.26. The summed E-state index contributed by atoms with van der Waals surface area (Å²) in [5, 5.41) is 2.99. The van der Waals surface area contributed by atoms with Gasteiger partial charge in [0, 0.05) is 39.3 Å². The molecule has 0 bridgehead atoms. The topological polar surface area (TPSA) is 65.1 Å². The summed E-state index contributed by atoms with van der Waals surface area (Å²) in [6.45, 7) is 6.59. The lowest BCUT2D eigenvalue weighted by Crippen LogP contribution is -2.53. The fraction of sp³-hybridized carbons (Fsp3) is 0.517. The number of carbonyl (C=O) groups excluding carboxylic acids is 2. The number of rotatable bonds is 8. The van der Waals surface area contributed by atoms with Gasteiger partial charge in [-0.2, -0.15) is 0 Å². The summed E-state index contributed by atoms with van der Waals surface area (Å²) in [6, 6.07) is 7.27. The Hall–Kier alpha value is -2.95. The highest BCUT2D eigenvalue weighted by Crippen LogP contribution is 2.44. The molecule has 1 spiro atoms. The van der Waals surface area contributed by atoms with Crippen LogP contribution in [-0.2, 0) is 26.5 Å². The number of hydrogen-bond acceptors (Lipinski definition) is 5. The Morgan fingerprint density at radius 3 is 2.62 bits per heavy atom. The van der Waals surface area contributed by atoms with Crippen molar-refractivity contribution in [3.8, 4) is 0 Å². The lowest BCUT2D eigenvalue weighted by molar-refractivity contribution is -0.147. The van der Waals surface area contributed by atoms with E-state index in [1.807, 2.05) is 13.0 Å². The first-order chi connectivity index (χ1) is 18.8. The van der Waals surface area contributed by atoms with Gasteiger partial charge in [0.25, 0.3) is 0 Å². The number of benzene rings is 2. The van der Waals surface area contributed by atoms with Crippen LogP contribution in [0.25, 0.3) is 0 Å². The van der Waals surface area contributed by atoms with Gasteiger partial charge in [-0.05, 0) is 73.7 Å². The van der Waals surface area contributed by atoms with Gasteiger partial charge in [0.15, 0.2) is 11.6 Å². The van der Waals surface area contributed by atoms with E-state index in [1.165, 1.54) is 17.0 Å². The summed E-state index contributed by atoms with van der Waals surface area (Å²) < 4.78 is 47.8. The number of ether oxygens (including phenoxy) is 1. The molecule has 1 atom stereocenters. The van der Waals surface area contributed by atoms with Gasteiger partial charge in [-0.1, -0.05) is 12.1 Å². The van der Waals surface area contributed by atoms with Gasteiger partial charge in [0.05, 0.1) is 18.8 Å². The van der Waals surface area contributed by atoms with Crippen molar-refractivity contribution in [3.05, 3.63) is 70.5 Å². The van der Waals surface area contributed by atoms with E-state index >= 15 is 0 Å². The molecule has 1 N–H and O–H groups in total. The average molecular weight is 545 g/mol. The molecule has 7 nitrogen and oxygen atoms in total. The third-order valence-corrected chi connectivity index (χ3v) is 8.26. The fourth-order valence-corrected chi connectivity index (χ4v) is 6.06. The van der Waals surface area contributed by atoms with Crippen LogP contribution >= 0.6 is 0 Å². The van der Waals surface area contributed by atoms with Crippen LogP contribution in [0.15, 0.2) is 36.4 Å². The Morgan fingerprint density at radius 1 is 1.10 bits per heavy atom. The van der Waals surface area contributed by atoms with Crippen LogP contribution in [0.4, 0.5) is 13.2 Å². The molecule has 39 heavy (non-hydrogen) atoms. The summed E-state index contributed by atoms with van der Waals surface area (Å²) in [4.78, 5) is 31.9. The number of amides is 2. The quantitative estimate of drug-likeness (QED) is 0.553. The normalized spacial score (nSPS) is 19.8. The van der Waals surface area contributed by atoms with Gasteiger partial charge < -0.3 is 24.8 Å². The van der Waals surface area contributed by atoms with Crippen LogP contribution in [0, 0.1) is 17.5 Å². The Bertz CT molecular complexity index is 1220. The molecule has 1 unspecified atom stereocenters. The second-order valence-corrected chi connectivity index (χ2v) is 10.5. The van der Waals surface area contributed by atoms with E-state index in [1.54, 1.807) is 11.0 Å². The summed E-state index contributed by atoms with van der Waals surface area (Å²) in [7, 11) is 0. The van der Waals surface area contributed by atoms with Crippen molar-refractivity contribution in [1.82, 2.24) is 20.0 Å². The van der Waals surface area contributed by atoms with Crippen molar-refractivity contribution >= 4 is 11.8 Å². The molecule has 10 heteroatoms. The van der Waals surface area contributed by atoms with Gasteiger partial charge in [0.1, 0.15) is 11.9 Å². The van der Waals surface area contributed by atoms with Gasteiger partial charge >= 0.3 is 0 Å². The maximum absolute atomic E-state index is 14.1. The molecule has 2 aromatic carbocycles. The number of halogens is 3. The Labute approximate surface area is 226 Å². The number of carbonyl (C=O) groups is 2. The molecule has 0 aliphatic carbocycles. The Balaban J connectivity index is 1.21. The largest absolute Gasteiger partial charge is 0.365 e. The second-order valence-electron chi connectivity index (χ2n) is 10.5. The van der Waals surface area contributed by atoms with Crippen molar-refractivity contribution in [2.75, 3.05) is 52.4 Å². The van der Waals surface area contributed by atoms with E-state index in [0.29, 0.717) is 32.8 Å². The van der Waals surface area contributed by atoms with Crippen LogP contribution in [-0.4, -0.2) is 78.9 Å². The summed E-state index contributed by atoms with van der Waals surface area (Å²) in [6.07, 6.45) is 2.28. The number of piperidine rings is 1. The minimum Gasteiger partial charge on any atom is -0.365 e. The van der Waals surface area contributed by atoms with E-state index in [9.17, 15) is 22.8 Å². The molecule has 2 amide bonds. The highest BCUT2D eigenvalue weighted by molar-refractivity contribution is 5.89. The standard InChI is InChI=1S/C29H35F3N4O3/c1-2-35(28(38)27(36-15-10-33-18-26(36)37)20-5-7-24(31)25(32)16-20)12-3-11-34-13-8-29(9-14-34)23-17-22(30)6-4-21(23)19-39-29/h4-7,16-17,27,33H,2-3,8-15,18-19H2,1H3. The number of nitrogens with zero attached hydrogens (tertiary/aromatic N) is 3. The summed E-state index contributed by atoms with van der Waals surface area (Å²) in [5.41, 5.74) is 1.87. The number of hydrogen-bond donors (Lipinski definition) is 1. The summed E-state index contributed by atoms with van der Waals surface area (Å²) in [5.74, 6) is -2.83. The maximum atomic E-state index is 14.1. The first-order valence-electron chi connectivity index (χ1n) is 13.7. The molecule has 2 aromatic rings.